The minimum atomic E-state index is -0.418. The van der Waals surface area contributed by atoms with Crippen LogP contribution in [0.3, 0.4) is 0 Å². The molecule has 2 aliphatic carbocycles. The summed E-state index contributed by atoms with van der Waals surface area (Å²) in [6.07, 6.45) is 1.84. The van der Waals surface area contributed by atoms with Gasteiger partial charge in [-0.15, -0.1) is 0 Å². The van der Waals surface area contributed by atoms with E-state index in [4.69, 9.17) is 0 Å². The summed E-state index contributed by atoms with van der Waals surface area (Å²) in [7, 11) is 0. The second-order valence-electron chi connectivity index (χ2n) is 4.79. The van der Waals surface area contributed by atoms with Gasteiger partial charge in [-0.25, -0.2) is 0 Å². The van der Waals surface area contributed by atoms with Gasteiger partial charge >= 0.3 is 0 Å². The van der Waals surface area contributed by atoms with Crippen molar-refractivity contribution in [3.05, 3.63) is 0 Å². The van der Waals surface area contributed by atoms with E-state index in [-0.39, 0.29) is 23.2 Å². The van der Waals surface area contributed by atoms with E-state index >= 15 is 0 Å². The Labute approximate surface area is 86.2 Å². The molecular weight excluding hydrogens is 235 g/mol. The molecule has 0 saturated heterocycles. The van der Waals surface area contributed by atoms with Crippen LogP contribution < -0.4 is 0 Å². The smallest absolute Gasteiger partial charge is 0.153 e. The number of ketones is 1. The fourth-order valence-corrected chi connectivity index (χ4v) is 4.42. The number of carbonyl (C=O) groups excluding carboxylic acids is 1. The topological polar surface area (TPSA) is 17.1 Å². The molecule has 13 heavy (non-hydrogen) atoms. The summed E-state index contributed by atoms with van der Waals surface area (Å²) in [5.41, 5.74) is -0.834. The molecule has 0 heterocycles. The molecule has 1 nitrogen and oxygen atoms in total. The normalized spacial score (nSPS) is 54.6. The van der Waals surface area contributed by atoms with Crippen LogP contribution in [0.15, 0.2) is 0 Å². The van der Waals surface area contributed by atoms with Gasteiger partial charge in [0.25, 0.3) is 0 Å². The van der Waals surface area contributed by atoms with E-state index in [9.17, 15) is 9.18 Å². The molecule has 2 bridgehead atoms. The summed E-state index contributed by atoms with van der Waals surface area (Å²) in [5, 5.41) is 0. The molecule has 4 unspecified atom stereocenters. The number of carbonyl (C=O) groups is 1. The highest BCUT2D eigenvalue weighted by molar-refractivity contribution is 9.10. The molecule has 2 aliphatic rings. The molecule has 2 fully saturated rings. The molecule has 0 aromatic carbocycles. The number of hydrogen-bond acceptors (Lipinski definition) is 1. The number of Topliss-reactive ketones (excluding diaryl/α,β-unsaturated/α-hetero) is 1. The number of alkyl halides is 2. The summed E-state index contributed by atoms with van der Waals surface area (Å²) in [6, 6.07) is 0. The Morgan fingerprint density at radius 2 is 2.23 bits per heavy atom. The number of rotatable bonds is 1. The third-order valence-electron chi connectivity index (χ3n) is 4.46. The van der Waals surface area contributed by atoms with E-state index in [0.717, 1.165) is 12.8 Å². The van der Waals surface area contributed by atoms with Gasteiger partial charge in [0.15, 0.2) is 5.78 Å². The number of hydrogen-bond donors (Lipinski definition) is 0. The molecule has 0 aromatic heterocycles. The van der Waals surface area contributed by atoms with Crippen molar-refractivity contribution in [3.8, 4) is 0 Å². The molecule has 4 atom stereocenters. The average Bonchev–Trinajstić information content (AvgIpc) is 2.44. The van der Waals surface area contributed by atoms with Gasteiger partial charge in [-0.3, -0.25) is 9.18 Å². The molecule has 0 aliphatic heterocycles. The van der Waals surface area contributed by atoms with Gasteiger partial charge in [0.1, 0.15) is 0 Å². The predicted octanol–water partition coefficient (Wildman–Crippen LogP) is 2.72. The number of fused-ring (bicyclic) bond motifs is 2. The molecule has 2 rings (SSSR count). The number of halogens is 2. The van der Waals surface area contributed by atoms with Crippen molar-refractivity contribution in [1.29, 1.82) is 0 Å². The monoisotopic (exact) mass is 248 g/mol. The third-order valence-corrected chi connectivity index (χ3v) is 5.51. The molecular formula is C10H14BrFO. The van der Waals surface area contributed by atoms with E-state index in [0.29, 0.717) is 0 Å². The Balaban J connectivity index is 2.49. The van der Waals surface area contributed by atoms with Crippen molar-refractivity contribution < 1.29 is 9.18 Å². The van der Waals surface area contributed by atoms with Crippen LogP contribution in [0.4, 0.5) is 4.39 Å². The highest BCUT2D eigenvalue weighted by atomic mass is 79.9. The first-order valence-corrected chi connectivity index (χ1v) is 5.63. The second kappa shape index (κ2) is 2.56. The van der Waals surface area contributed by atoms with Crippen molar-refractivity contribution in [1.82, 2.24) is 0 Å². The fraction of sp³-hybridized carbons (Fsp3) is 0.900. The summed E-state index contributed by atoms with van der Waals surface area (Å²) in [6.45, 7) is 3.47. The van der Waals surface area contributed by atoms with Gasteiger partial charge < -0.3 is 0 Å². The molecule has 2 saturated carbocycles. The lowest BCUT2D eigenvalue weighted by molar-refractivity contribution is -0.128. The SMILES string of the molecule is CC12CCC(C(Br)C1=O)C2(C)CF. The minimum absolute atomic E-state index is 0.105. The maximum Gasteiger partial charge on any atom is 0.153 e. The first kappa shape index (κ1) is 9.63. The first-order chi connectivity index (χ1) is 5.97. The highest BCUT2D eigenvalue weighted by Crippen LogP contribution is 2.65. The van der Waals surface area contributed by atoms with E-state index in [1.807, 2.05) is 13.8 Å². The van der Waals surface area contributed by atoms with Crippen molar-refractivity contribution in [2.45, 2.75) is 31.5 Å². The molecule has 74 valence electrons. The van der Waals surface area contributed by atoms with Crippen molar-refractivity contribution in [3.63, 3.8) is 0 Å². The maximum absolute atomic E-state index is 13.0. The van der Waals surface area contributed by atoms with Gasteiger partial charge in [0.2, 0.25) is 0 Å². The zero-order valence-corrected chi connectivity index (χ0v) is 9.53. The van der Waals surface area contributed by atoms with E-state index in [1.165, 1.54) is 0 Å². The lowest BCUT2D eigenvalue weighted by Crippen LogP contribution is -2.36. The van der Waals surface area contributed by atoms with Crippen LogP contribution >= 0.6 is 15.9 Å². The standard InChI is InChI=1S/C10H14BrFO/c1-9-4-3-6(7(11)8(9)13)10(9,2)5-12/h6-7H,3-5H2,1-2H3. The van der Waals surface area contributed by atoms with Gasteiger partial charge in [-0.05, 0) is 18.8 Å². The lowest BCUT2D eigenvalue weighted by Gasteiger charge is -2.33. The van der Waals surface area contributed by atoms with E-state index in [1.54, 1.807) is 0 Å². The summed E-state index contributed by atoms with van der Waals surface area (Å²) < 4.78 is 13.0. The van der Waals surface area contributed by atoms with Crippen molar-refractivity contribution >= 4 is 21.7 Å². The Kier molecular flexibility index (Phi) is 1.89. The van der Waals surface area contributed by atoms with Crippen LogP contribution in [-0.2, 0) is 4.79 Å². The van der Waals surface area contributed by atoms with E-state index in [2.05, 4.69) is 15.9 Å². The molecule has 3 heteroatoms. The zero-order valence-electron chi connectivity index (χ0n) is 7.94. The molecule has 0 amide bonds. The van der Waals surface area contributed by atoms with E-state index < -0.39 is 10.8 Å². The van der Waals surface area contributed by atoms with Crippen LogP contribution in [0.1, 0.15) is 26.7 Å². The van der Waals surface area contributed by atoms with Gasteiger partial charge in [0, 0.05) is 10.8 Å². The van der Waals surface area contributed by atoms with Crippen molar-refractivity contribution in [2.75, 3.05) is 6.67 Å². The molecule has 0 radical (unpaired) electrons. The van der Waals surface area contributed by atoms with Crippen molar-refractivity contribution in [2.24, 2.45) is 16.7 Å². The fourth-order valence-electron chi connectivity index (χ4n) is 3.07. The summed E-state index contributed by atoms with van der Waals surface area (Å²) >= 11 is 3.40. The average molecular weight is 249 g/mol. The molecule has 0 aromatic rings. The lowest BCUT2D eigenvalue weighted by atomic mass is 9.70. The Bertz CT molecular complexity index is 268. The van der Waals surface area contributed by atoms with Gasteiger partial charge in [0.05, 0.1) is 11.5 Å². The highest BCUT2D eigenvalue weighted by Gasteiger charge is 2.67. The summed E-state index contributed by atoms with van der Waals surface area (Å²) in [5.74, 6) is 0.416. The molecule has 0 spiro atoms. The molecule has 0 N–H and O–H groups in total. The van der Waals surface area contributed by atoms with Crippen LogP contribution in [0.5, 0.6) is 0 Å². The maximum atomic E-state index is 13.0. The second-order valence-corrected chi connectivity index (χ2v) is 5.78. The third kappa shape index (κ3) is 0.846. The zero-order chi connectivity index (χ0) is 9.85. The summed E-state index contributed by atoms with van der Waals surface area (Å²) in [4.78, 5) is 11.7. The van der Waals surface area contributed by atoms with Gasteiger partial charge in [-0.2, -0.15) is 0 Å². The van der Waals surface area contributed by atoms with Crippen LogP contribution in [-0.4, -0.2) is 17.3 Å². The van der Waals surface area contributed by atoms with Crippen LogP contribution in [0.2, 0.25) is 0 Å². The Morgan fingerprint density at radius 3 is 2.54 bits per heavy atom. The largest absolute Gasteiger partial charge is 0.298 e. The minimum Gasteiger partial charge on any atom is -0.298 e. The Morgan fingerprint density at radius 1 is 1.62 bits per heavy atom. The van der Waals surface area contributed by atoms with Crippen LogP contribution in [0, 0.1) is 16.7 Å². The predicted molar refractivity (Wildman–Crippen MR) is 52.6 cm³/mol. The Hall–Kier alpha value is 0.0800. The quantitative estimate of drug-likeness (QED) is 0.653. The van der Waals surface area contributed by atoms with Crippen LogP contribution in [0.25, 0.3) is 0 Å². The first-order valence-electron chi connectivity index (χ1n) is 4.72. The van der Waals surface area contributed by atoms with Gasteiger partial charge in [-0.1, -0.05) is 29.8 Å².